The lowest BCUT2D eigenvalue weighted by atomic mass is 9.99. The molecule has 1 aromatic heterocycles. The quantitative estimate of drug-likeness (QED) is 0.596. The minimum atomic E-state index is -0.281. The van der Waals surface area contributed by atoms with E-state index >= 15 is 0 Å². The third-order valence-corrected chi connectivity index (χ3v) is 5.92. The van der Waals surface area contributed by atoms with Gasteiger partial charge in [-0.3, -0.25) is 9.59 Å². The van der Waals surface area contributed by atoms with E-state index in [2.05, 4.69) is 15.3 Å². The van der Waals surface area contributed by atoms with Crippen molar-refractivity contribution in [2.45, 2.75) is 38.6 Å². The smallest absolute Gasteiger partial charge is 0.259 e. The summed E-state index contributed by atoms with van der Waals surface area (Å²) >= 11 is 5.90. The molecule has 4 rings (SSSR count). The molecule has 1 aliphatic heterocycles. The van der Waals surface area contributed by atoms with Gasteiger partial charge in [0.1, 0.15) is 0 Å². The highest BCUT2D eigenvalue weighted by molar-refractivity contribution is 6.30. The number of carbonyl (C=O) groups is 2. The Hall–Kier alpha value is -3.25. The van der Waals surface area contributed by atoms with Gasteiger partial charge in [-0.1, -0.05) is 41.9 Å². The maximum Gasteiger partial charge on any atom is 0.259 e. The van der Waals surface area contributed by atoms with E-state index in [1.165, 1.54) is 0 Å². The van der Waals surface area contributed by atoms with E-state index in [-0.39, 0.29) is 17.9 Å². The number of hydrogen-bond donors (Lipinski definition) is 1. The summed E-state index contributed by atoms with van der Waals surface area (Å²) in [6, 6.07) is 16.5. The second-order valence-corrected chi connectivity index (χ2v) is 8.39. The van der Waals surface area contributed by atoms with Crippen LogP contribution in [0.3, 0.4) is 0 Å². The summed E-state index contributed by atoms with van der Waals surface area (Å²) < 4.78 is 0. The van der Waals surface area contributed by atoms with Crippen LogP contribution in [-0.2, 0) is 11.2 Å². The van der Waals surface area contributed by atoms with Crippen molar-refractivity contribution in [2.75, 3.05) is 11.9 Å². The molecule has 0 saturated carbocycles. The van der Waals surface area contributed by atoms with E-state index in [9.17, 15) is 9.59 Å². The molecule has 2 heterocycles. The number of nitrogens with zero attached hydrogens (tertiary/aromatic N) is 3. The lowest BCUT2D eigenvalue weighted by Gasteiger charge is -2.35. The Morgan fingerprint density at radius 3 is 2.56 bits per heavy atom. The number of anilines is 1. The fourth-order valence-electron chi connectivity index (χ4n) is 3.97. The van der Waals surface area contributed by atoms with Crippen molar-refractivity contribution in [2.24, 2.45) is 0 Å². The van der Waals surface area contributed by atoms with Crippen molar-refractivity contribution in [3.8, 4) is 0 Å². The van der Waals surface area contributed by atoms with Crippen LogP contribution >= 0.6 is 11.6 Å². The van der Waals surface area contributed by atoms with Gasteiger partial charge in [-0.15, -0.1) is 0 Å². The van der Waals surface area contributed by atoms with Crippen LogP contribution in [0.15, 0.2) is 60.8 Å². The molecule has 32 heavy (non-hydrogen) atoms. The van der Waals surface area contributed by atoms with Gasteiger partial charge in [-0.2, -0.15) is 0 Å². The molecule has 1 fully saturated rings. The molecule has 3 aromatic rings. The lowest BCUT2D eigenvalue weighted by Crippen LogP contribution is -2.40. The lowest BCUT2D eigenvalue weighted by molar-refractivity contribution is -0.134. The van der Waals surface area contributed by atoms with Crippen molar-refractivity contribution in [1.82, 2.24) is 14.9 Å². The van der Waals surface area contributed by atoms with Crippen LogP contribution in [0.5, 0.6) is 0 Å². The summed E-state index contributed by atoms with van der Waals surface area (Å²) in [5, 5.41) is 3.44. The van der Waals surface area contributed by atoms with Gasteiger partial charge in [0.05, 0.1) is 23.7 Å². The van der Waals surface area contributed by atoms with Crippen molar-refractivity contribution in [1.29, 1.82) is 0 Å². The van der Waals surface area contributed by atoms with Gasteiger partial charge >= 0.3 is 0 Å². The van der Waals surface area contributed by atoms with Crippen molar-refractivity contribution < 1.29 is 9.59 Å². The van der Waals surface area contributed by atoms with Crippen molar-refractivity contribution in [3.05, 3.63) is 88.5 Å². The molecule has 1 N–H and O–H groups in total. The Morgan fingerprint density at radius 2 is 1.84 bits per heavy atom. The number of amides is 2. The summed E-state index contributed by atoms with van der Waals surface area (Å²) in [7, 11) is 0. The van der Waals surface area contributed by atoms with Gasteiger partial charge in [-0.05, 0) is 56.0 Å². The Bertz CT molecular complexity index is 1100. The van der Waals surface area contributed by atoms with Crippen molar-refractivity contribution >= 4 is 29.1 Å². The third kappa shape index (κ3) is 5.14. The van der Waals surface area contributed by atoms with Gasteiger partial charge in [0, 0.05) is 23.5 Å². The van der Waals surface area contributed by atoms with Crippen LogP contribution in [0.25, 0.3) is 0 Å². The number of hydrogen-bond acceptors (Lipinski definition) is 4. The number of benzene rings is 2. The maximum atomic E-state index is 13.0. The monoisotopic (exact) mass is 448 g/mol. The first-order valence-electron chi connectivity index (χ1n) is 10.7. The summed E-state index contributed by atoms with van der Waals surface area (Å²) in [5.41, 5.74) is 2.63. The molecule has 1 unspecified atom stereocenters. The molecule has 2 amide bonds. The average Bonchev–Trinajstić information content (AvgIpc) is 2.81. The molecule has 0 radical (unpaired) electrons. The number of aromatic nitrogens is 2. The highest BCUT2D eigenvalue weighted by Gasteiger charge is 2.30. The number of rotatable bonds is 5. The molecule has 2 aromatic carbocycles. The third-order valence-electron chi connectivity index (χ3n) is 5.66. The van der Waals surface area contributed by atoms with Gasteiger partial charge in [0.25, 0.3) is 5.91 Å². The van der Waals surface area contributed by atoms with E-state index in [0.717, 1.165) is 24.8 Å². The minimum absolute atomic E-state index is 0.0757. The summed E-state index contributed by atoms with van der Waals surface area (Å²) in [6.45, 7) is 2.48. The fourth-order valence-corrected chi connectivity index (χ4v) is 4.10. The molecule has 0 aliphatic carbocycles. The standard InChI is InChI=1S/C25H25ClN4O2/c1-17-21(25(32)29-20-12-10-19(26)11-13-20)16-27-24(28-17)22-9-5-6-14-30(22)23(31)15-18-7-3-2-4-8-18/h2-4,7-8,10-13,16,22H,5-6,9,14-15H2,1H3,(H,29,32). The zero-order valence-corrected chi connectivity index (χ0v) is 18.7. The fraction of sp³-hybridized carbons (Fsp3) is 0.280. The highest BCUT2D eigenvalue weighted by Crippen LogP contribution is 2.30. The number of aryl methyl sites for hydroxylation is 1. The zero-order chi connectivity index (χ0) is 22.5. The van der Waals surface area contributed by atoms with Crippen molar-refractivity contribution in [3.63, 3.8) is 0 Å². The molecular weight excluding hydrogens is 424 g/mol. The second kappa shape index (κ2) is 9.92. The highest BCUT2D eigenvalue weighted by atomic mass is 35.5. The number of halogens is 1. The Balaban J connectivity index is 1.50. The zero-order valence-electron chi connectivity index (χ0n) is 17.9. The van der Waals surface area contributed by atoms with Crippen LogP contribution in [0, 0.1) is 6.92 Å². The van der Waals surface area contributed by atoms with Crippen LogP contribution in [-0.4, -0.2) is 33.2 Å². The first kappa shape index (κ1) is 22.0. The number of likely N-dealkylation sites (tertiary alicyclic amines) is 1. The SMILES string of the molecule is Cc1nc(C2CCCCN2C(=O)Cc2ccccc2)ncc1C(=O)Nc1ccc(Cl)cc1. The number of carbonyl (C=O) groups excluding carboxylic acids is 2. The topological polar surface area (TPSA) is 75.2 Å². The molecule has 0 spiro atoms. The first-order valence-corrected chi connectivity index (χ1v) is 11.1. The van der Waals surface area contributed by atoms with Crippen LogP contribution in [0.4, 0.5) is 5.69 Å². The maximum absolute atomic E-state index is 13.0. The molecular formula is C25H25ClN4O2. The normalized spacial score (nSPS) is 15.9. The summed E-state index contributed by atoms with van der Waals surface area (Å²) in [6.07, 6.45) is 4.71. The molecule has 0 bridgehead atoms. The molecule has 6 nitrogen and oxygen atoms in total. The Kier molecular flexibility index (Phi) is 6.81. The molecule has 164 valence electrons. The van der Waals surface area contributed by atoms with Gasteiger partial charge in [-0.25, -0.2) is 9.97 Å². The second-order valence-electron chi connectivity index (χ2n) is 7.95. The van der Waals surface area contributed by atoms with E-state index in [1.54, 1.807) is 37.4 Å². The average molecular weight is 449 g/mol. The van der Waals surface area contributed by atoms with E-state index < -0.39 is 0 Å². The van der Waals surface area contributed by atoms with Crippen LogP contribution < -0.4 is 5.32 Å². The molecule has 1 aliphatic rings. The summed E-state index contributed by atoms with van der Waals surface area (Å²) in [5.74, 6) is 0.385. The predicted octanol–water partition coefficient (Wildman–Crippen LogP) is 4.99. The van der Waals surface area contributed by atoms with E-state index in [0.29, 0.717) is 40.8 Å². The van der Waals surface area contributed by atoms with E-state index in [1.807, 2.05) is 35.2 Å². The molecule has 7 heteroatoms. The van der Waals surface area contributed by atoms with Crippen LogP contribution in [0.2, 0.25) is 5.02 Å². The molecule has 1 saturated heterocycles. The number of piperidine rings is 1. The van der Waals surface area contributed by atoms with E-state index in [4.69, 9.17) is 11.6 Å². The molecule has 1 atom stereocenters. The number of nitrogens with one attached hydrogen (secondary N) is 1. The van der Waals surface area contributed by atoms with Gasteiger partial charge < -0.3 is 10.2 Å². The van der Waals surface area contributed by atoms with Gasteiger partial charge in [0.15, 0.2) is 5.82 Å². The predicted molar refractivity (Wildman–Crippen MR) is 125 cm³/mol. The largest absolute Gasteiger partial charge is 0.332 e. The Morgan fingerprint density at radius 1 is 1.09 bits per heavy atom. The first-order chi connectivity index (χ1) is 15.5. The minimum Gasteiger partial charge on any atom is -0.332 e. The summed E-state index contributed by atoms with van der Waals surface area (Å²) in [4.78, 5) is 36.7. The Labute approximate surface area is 192 Å². The van der Waals surface area contributed by atoms with Crippen LogP contribution in [0.1, 0.15) is 52.7 Å². The van der Waals surface area contributed by atoms with Gasteiger partial charge in [0.2, 0.25) is 5.91 Å².